The minimum absolute atomic E-state index is 0.0958. The number of hydrogen-bond donors (Lipinski definition) is 3. The number of allylic oxidation sites excluding steroid dienone is 1. The highest BCUT2D eigenvalue weighted by molar-refractivity contribution is 6.08. The molecular formula is C23H27N7O3. The monoisotopic (exact) mass is 449 g/mol. The summed E-state index contributed by atoms with van der Waals surface area (Å²) in [5, 5.41) is 12.0. The highest BCUT2D eigenvalue weighted by Crippen LogP contribution is 2.31. The molecular weight excluding hydrogens is 422 g/mol. The van der Waals surface area contributed by atoms with Crippen LogP contribution >= 0.6 is 0 Å². The molecule has 0 aliphatic heterocycles. The normalized spacial score (nSPS) is 11.6. The van der Waals surface area contributed by atoms with Gasteiger partial charge in [0.05, 0.1) is 29.8 Å². The number of aromatic nitrogens is 4. The van der Waals surface area contributed by atoms with Crippen LogP contribution in [0.5, 0.6) is 17.4 Å². The number of aliphatic imine (C=N–C) groups is 1. The number of pyridine rings is 2. The van der Waals surface area contributed by atoms with Gasteiger partial charge in [-0.1, -0.05) is 0 Å². The number of anilines is 1. The van der Waals surface area contributed by atoms with Gasteiger partial charge in [0.2, 0.25) is 11.8 Å². The molecule has 10 nitrogen and oxygen atoms in total. The maximum atomic E-state index is 8.91. The van der Waals surface area contributed by atoms with E-state index in [-0.39, 0.29) is 6.61 Å². The minimum Gasteiger partial charge on any atom is -0.480 e. The first-order valence-electron chi connectivity index (χ1n) is 10.3. The number of nitrogens with one attached hydrogen (secondary N) is 1. The number of aliphatic hydroxyl groups is 1. The van der Waals surface area contributed by atoms with Gasteiger partial charge in [-0.2, -0.15) is 4.98 Å². The first kappa shape index (κ1) is 23.6. The average Bonchev–Trinajstić information content (AvgIpc) is 2.84. The Kier molecular flexibility index (Phi) is 8.25. The molecule has 4 N–H and O–H groups in total. The van der Waals surface area contributed by atoms with E-state index in [0.717, 1.165) is 0 Å². The fourth-order valence-corrected chi connectivity index (χ4v) is 2.96. The Labute approximate surface area is 192 Å². The molecule has 3 aromatic heterocycles. The lowest BCUT2D eigenvalue weighted by Crippen LogP contribution is -2.08. The molecule has 0 aliphatic carbocycles. The Bertz CT molecular complexity index is 1150. The second-order valence-electron chi connectivity index (χ2n) is 6.89. The van der Waals surface area contributed by atoms with E-state index in [1.54, 1.807) is 44.9 Å². The SMILES string of the molecule is CN=CC(=CN)c1cc(Oc2ccc(-c3cnc(NCCCO)nc3OC)nc2C)ccn1. The third-order valence-corrected chi connectivity index (χ3v) is 4.58. The van der Waals surface area contributed by atoms with Crippen LogP contribution in [0.15, 0.2) is 47.9 Å². The molecule has 0 atom stereocenters. The minimum atomic E-state index is 0.0958. The van der Waals surface area contributed by atoms with Gasteiger partial charge in [-0.15, -0.1) is 0 Å². The van der Waals surface area contributed by atoms with Gasteiger partial charge in [0.25, 0.3) is 0 Å². The lowest BCUT2D eigenvalue weighted by Gasteiger charge is -2.12. The third-order valence-electron chi connectivity index (χ3n) is 4.58. The van der Waals surface area contributed by atoms with Crippen LogP contribution in [-0.2, 0) is 0 Å². The Balaban J connectivity index is 1.82. The summed E-state index contributed by atoms with van der Waals surface area (Å²) in [5.41, 5.74) is 9.01. The lowest BCUT2D eigenvalue weighted by atomic mass is 10.2. The highest BCUT2D eigenvalue weighted by atomic mass is 16.5. The molecule has 0 bridgehead atoms. The Morgan fingerprint density at radius 3 is 2.79 bits per heavy atom. The van der Waals surface area contributed by atoms with E-state index < -0.39 is 0 Å². The van der Waals surface area contributed by atoms with Crippen LogP contribution in [-0.4, -0.2) is 58.6 Å². The van der Waals surface area contributed by atoms with Crippen LogP contribution in [0.3, 0.4) is 0 Å². The van der Waals surface area contributed by atoms with E-state index in [1.807, 2.05) is 19.1 Å². The van der Waals surface area contributed by atoms with Crippen LogP contribution in [0.25, 0.3) is 16.8 Å². The third kappa shape index (κ3) is 6.01. The first-order chi connectivity index (χ1) is 16.1. The first-order valence-corrected chi connectivity index (χ1v) is 10.3. The van der Waals surface area contributed by atoms with E-state index in [0.29, 0.717) is 64.5 Å². The second-order valence-corrected chi connectivity index (χ2v) is 6.89. The number of nitrogens with two attached hydrogens (primary N) is 1. The van der Waals surface area contributed by atoms with Crippen molar-refractivity contribution in [1.29, 1.82) is 0 Å². The number of methoxy groups -OCH3 is 1. The molecule has 3 heterocycles. The zero-order valence-electron chi connectivity index (χ0n) is 18.8. The molecule has 172 valence electrons. The smallest absolute Gasteiger partial charge is 0.227 e. The van der Waals surface area contributed by atoms with E-state index >= 15 is 0 Å². The number of aliphatic hydroxyl groups excluding tert-OH is 1. The molecule has 0 aromatic carbocycles. The summed E-state index contributed by atoms with van der Waals surface area (Å²) in [6.07, 6.45) is 6.98. The number of rotatable bonds is 10. The average molecular weight is 450 g/mol. The Morgan fingerprint density at radius 2 is 2.09 bits per heavy atom. The van der Waals surface area contributed by atoms with Crippen molar-refractivity contribution in [1.82, 2.24) is 19.9 Å². The number of nitrogens with zero attached hydrogens (tertiary/aromatic N) is 5. The summed E-state index contributed by atoms with van der Waals surface area (Å²) in [5.74, 6) is 2.02. The second kappa shape index (κ2) is 11.5. The van der Waals surface area contributed by atoms with E-state index in [9.17, 15) is 0 Å². The molecule has 3 rings (SSSR count). The van der Waals surface area contributed by atoms with Crippen molar-refractivity contribution in [3.63, 3.8) is 0 Å². The molecule has 10 heteroatoms. The quantitative estimate of drug-likeness (QED) is 0.315. The van der Waals surface area contributed by atoms with Crippen molar-refractivity contribution in [2.45, 2.75) is 13.3 Å². The maximum Gasteiger partial charge on any atom is 0.227 e. The Morgan fingerprint density at radius 1 is 1.24 bits per heavy atom. The summed E-state index contributed by atoms with van der Waals surface area (Å²) in [6.45, 7) is 2.51. The van der Waals surface area contributed by atoms with Crippen molar-refractivity contribution in [2.75, 3.05) is 32.6 Å². The van der Waals surface area contributed by atoms with E-state index in [2.05, 4.69) is 30.2 Å². The van der Waals surface area contributed by atoms with Gasteiger partial charge in [0.1, 0.15) is 11.5 Å². The van der Waals surface area contributed by atoms with Crippen LogP contribution in [0.1, 0.15) is 17.8 Å². The predicted molar refractivity (Wildman–Crippen MR) is 128 cm³/mol. The summed E-state index contributed by atoms with van der Waals surface area (Å²) in [7, 11) is 3.21. The summed E-state index contributed by atoms with van der Waals surface area (Å²) in [6, 6.07) is 7.19. The molecule has 0 fully saturated rings. The molecule has 0 unspecified atom stereocenters. The topological polar surface area (TPSA) is 141 Å². The molecule has 0 spiro atoms. The van der Waals surface area contributed by atoms with Crippen molar-refractivity contribution in [3.8, 4) is 28.6 Å². The summed E-state index contributed by atoms with van der Waals surface area (Å²) < 4.78 is 11.5. The van der Waals surface area contributed by atoms with Crippen LogP contribution in [0, 0.1) is 6.92 Å². The molecule has 0 aliphatic rings. The van der Waals surface area contributed by atoms with Gasteiger partial charge < -0.3 is 25.6 Å². The summed E-state index contributed by atoms with van der Waals surface area (Å²) in [4.78, 5) is 21.6. The van der Waals surface area contributed by atoms with Crippen LogP contribution in [0.4, 0.5) is 5.95 Å². The molecule has 33 heavy (non-hydrogen) atoms. The van der Waals surface area contributed by atoms with Gasteiger partial charge in [0, 0.05) is 56.6 Å². The summed E-state index contributed by atoms with van der Waals surface area (Å²) >= 11 is 0. The standard InChI is InChI=1S/C23H27N7O3/c1-15-21(33-17-7-9-26-20(11-17)16(12-24)13-25-2)6-5-19(29-15)18-14-28-23(27-8-4-10-31)30-22(18)32-3/h5-7,9,11-14,31H,4,8,10,24H2,1-3H3,(H,27,28,30). The van der Waals surface area contributed by atoms with E-state index in [4.69, 9.17) is 20.3 Å². The van der Waals surface area contributed by atoms with Crippen LogP contribution in [0.2, 0.25) is 0 Å². The fraction of sp³-hybridized carbons (Fsp3) is 0.261. The number of aryl methyl sites for hydroxylation is 1. The zero-order chi connectivity index (χ0) is 23.6. The molecule has 0 saturated carbocycles. The zero-order valence-corrected chi connectivity index (χ0v) is 18.8. The maximum absolute atomic E-state index is 8.91. The van der Waals surface area contributed by atoms with Gasteiger partial charge in [-0.25, -0.2) is 9.97 Å². The molecule has 3 aromatic rings. The van der Waals surface area contributed by atoms with Gasteiger partial charge in [-0.3, -0.25) is 9.98 Å². The van der Waals surface area contributed by atoms with Gasteiger partial charge in [-0.05, 0) is 31.5 Å². The largest absolute Gasteiger partial charge is 0.480 e. The molecule has 0 amide bonds. The van der Waals surface area contributed by atoms with Crippen molar-refractivity contribution < 1.29 is 14.6 Å². The van der Waals surface area contributed by atoms with E-state index in [1.165, 1.54) is 6.20 Å². The van der Waals surface area contributed by atoms with Crippen molar-refractivity contribution in [3.05, 3.63) is 54.2 Å². The lowest BCUT2D eigenvalue weighted by molar-refractivity contribution is 0.292. The van der Waals surface area contributed by atoms with Crippen LogP contribution < -0.4 is 20.5 Å². The number of ether oxygens (including phenoxy) is 2. The van der Waals surface area contributed by atoms with Crippen molar-refractivity contribution >= 4 is 17.7 Å². The highest BCUT2D eigenvalue weighted by Gasteiger charge is 2.14. The number of hydrogen-bond acceptors (Lipinski definition) is 10. The molecule has 0 radical (unpaired) electrons. The van der Waals surface area contributed by atoms with Gasteiger partial charge in [0.15, 0.2) is 0 Å². The Hall–Kier alpha value is -4.05. The van der Waals surface area contributed by atoms with Crippen molar-refractivity contribution in [2.24, 2.45) is 10.7 Å². The molecule has 0 saturated heterocycles. The fourth-order valence-electron chi connectivity index (χ4n) is 2.96. The predicted octanol–water partition coefficient (Wildman–Crippen LogP) is 2.84. The van der Waals surface area contributed by atoms with Gasteiger partial charge >= 0.3 is 0 Å².